The molecule has 1 aromatic carbocycles. The Morgan fingerprint density at radius 1 is 1.12 bits per heavy atom. The van der Waals surface area contributed by atoms with Crippen molar-refractivity contribution in [2.45, 2.75) is 17.6 Å². The summed E-state index contributed by atoms with van der Waals surface area (Å²) in [5.41, 5.74) is 0.325. The first-order chi connectivity index (χ1) is 11.7. The van der Waals surface area contributed by atoms with Gasteiger partial charge in [-0.3, -0.25) is 4.79 Å². The van der Waals surface area contributed by atoms with E-state index in [-0.39, 0.29) is 29.3 Å². The molecule has 0 bridgehead atoms. The predicted molar refractivity (Wildman–Crippen MR) is 80.3 cm³/mol. The molecule has 3 rings (SSSR count). The van der Waals surface area contributed by atoms with Gasteiger partial charge in [0.2, 0.25) is 5.82 Å². The number of carbonyl (C=O) groups excluding carboxylic acids is 1. The molecule has 0 radical (unpaired) electrons. The van der Waals surface area contributed by atoms with Crippen LogP contribution in [0.3, 0.4) is 0 Å². The fourth-order valence-corrected chi connectivity index (χ4v) is 4.00. The van der Waals surface area contributed by atoms with E-state index in [1.165, 1.54) is 11.0 Å². The van der Waals surface area contributed by atoms with E-state index in [2.05, 4.69) is 9.97 Å². The number of hydrogen-bond acceptors (Lipinski definition) is 5. The molecule has 0 fully saturated rings. The Kier molecular flexibility index (Phi) is 4.23. The fraction of sp³-hybridized carbons (Fsp3) is 0.267. The maximum Gasteiger partial charge on any atom is 0.451 e. The Morgan fingerprint density at radius 2 is 1.76 bits per heavy atom. The second-order valence-electron chi connectivity index (χ2n) is 5.45. The Morgan fingerprint density at radius 3 is 2.40 bits per heavy atom. The number of hydrogen-bond donors (Lipinski definition) is 0. The zero-order valence-corrected chi connectivity index (χ0v) is 13.5. The Hall–Kier alpha value is -2.49. The molecular weight excluding hydrogens is 359 g/mol. The molecule has 0 atom stereocenters. The lowest BCUT2D eigenvalue weighted by molar-refractivity contribution is -0.145. The van der Waals surface area contributed by atoms with Crippen LogP contribution in [0.4, 0.5) is 13.2 Å². The number of aromatic nitrogens is 2. The molecular formula is C15H12F3N3O3S. The van der Waals surface area contributed by atoms with Crippen LogP contribution >= 0.6 is 0 Å². The highest BCUT2D eigenvalue weighted by Crippen LogP contribution is 2.26. The minimum absolute atomic E-state index is 0.0370. The predicted octanol–water partition coefficient (Wildman–Crippen LogP) is 1.93. The van der Waals surface area contributed by atoms with Crippen LogP contribution in [0.5, 0.6) is 0 Å². The molecule has 0 N–H and O–H groups in total. The average molecular weight is 371 g/mol. The third-order valence-electron chi connectivity index (χ3n) is 3.74. The Labute approximate surface area is 141 Å². The van der Waals surface area contributed by atoms with E-state index >= 15 is 0 Å². The number of fused-ring (bicyclic) bond motifs is 1. The van der Waals surface area contributed by atoms with Gasteiger partial charge >= 0.3 is 6.18 Å². The van der Waals surface area contributed by atoms with Crippen LogP contribution in [0.25, 0.3) is 0 Å². The molecule has 2 heterocycles. The van der Waals surface area contributed by atoms with Crippen molar-refractivity contribution in [1.82, 2.24) is 14.9 Å². The highest BCUT2D eigenvalue weighted by atomic mass is 32.2. The SMILES string of the molecule is O=C(c1cnc(C(F)(F)F)nc1)N1CCS(=O)(=O)c2ccccc2C1. The van der Waals surface area contributed by atoms with E-state index in [4.69, 9.17) is 0 Å². The molecule has 0 saturated heterocycles. The average Bonchev–Trinajstić information content (AvgIpc) is 2.70. The number of nitrogens with zero attached hydrogens (tertiary/aromatic N) is 3. The first-order valence-corrected chi connectivity index (χ1v) is 8.83. The smallest absolute Gasteiger partial charge is 0.333 e. The van der Waals surface area contributed by atoms with Gasteiger partial charge in [-0.15, -0.1) is 0 Å². The normalized spacial score (nSPS) is 16.8. The molecule has 0 saturated carbocycles. The summed E-state index contributed by atoms with van der Waals surface area (Å²) >= 11 is 0. The van der Waals surface area contributed by atoms with Crippen LogP contribution in [0.15, 0.2) is 41.6 Å². The van der Waals surface area contributed by atoms with E-state index in [1.54, 1.807) is 18.2 Å². The van der Waals surface area contributed by atoms with Gasteiger partial charge in [0.05, 0.1) is 16.2 Å². The molecule has 1 aliphatic rings. The van der Waals surface area contributed by atoms with Crippen molar-refractivity contribution in [3.8, 4) is 0 Å². The van der Waals surface area contributed by atoms with Crippen molar-refractivity contribution in [2.24, 2.45) is 0 Å². The van der Waals surface area contributed by atoms with Gasteiger partial charge in [-0.05, 0) is 11.6 Å². The number of sulfone groups is 1. The van der Waals surface area contributed by atoms with E-state index in [0.717, 1.165) is 12.4 Å². The number of rotatable bonds is 1. The van der Waals surface area contributed by atoms with E-state index in [9.17, 15) is 26.4 Å². The monoisotopic (exact) mass is 371 g/mol. The van der Waals surface area contributed by atoms with Crippen LogP contribution in [-0.4, -0.2) is 41.5 Å². The quantitative estimate of drug-likeness (QED) is 0.765. The second-order valence-corrected chi connectivity index (χ2v) is 7.52. The van der Waals surface area contributed by atoms with Crippen LogP contribution in [-0.2, 0) is 22.6 Å². The fourth-order valence-electron chi connectivity index (χ4n) is 2.50. The largest absolute Gasteiger partial charge is 0.451 e. The summed E-state index contributed by atoms with van der Waals surface area (Å²) in [5, 5.41) is 0. The van der Waals surface area contributed by atoms with Crippen molar-refractivity contribution in [2.75, 3.05) is 12.3 Å². The first-order valence-electron chi connectivity index (χ1n) is 7.18. The molecule has 1 amide bonds. The van der Waals surface area contributed by atoms with Gasteiger partial charge in [0, 0.05) is 25.5 Å². The van der Waals surface area contributed by atoms with Gasteiger partial charge < -0.3 is 4.90 Å². The molecule has 10 heteroatoms. The second kappa shape index (κ2) is 6.10. The topological polar surface area (TPSA) is 80.2 Å². The molecule has 1 aromatic heterocycles. The van der Waals surface area contributed by atoms with E-state index in [1.807, 2.05) is 0 Å². The minimum atomic E-state index is -4.70. The number of amides is 1. The molecule has 0 unspecified atom stereocenters. The summed E-state index contributed by atoms with van der Waals surface area (Å²) in [4.78, 5) is 20.2. The van der Waals surface area contributed by atoms with Crippen molar-refractivity contribution in [3.05, 3.63) is 53.6 Å². The van der Waals surface area contributed by atoms with Crippen LogP contribution in [0, 0.1) is 0 Å². The molecule has 0 spiro atoms. The Bertz CT molecular complexity index is 912. The van der Waals surface area contributed by atoms with E-state index in [0.29, 0.717) is 5.56 Å². The summed E-state index contributed by atoms with van der Waals surface area (Å²) < 4.78 is 62.0. The molecule has 25 heavy (non-hydrogen) atoms. The van der Waals surface area contributed by atoms with Crippen LogP contribution < -0.4 is 0 Å². The standard InChI is InChI=1S/C15H12F3N3O3S/c16-15(17,18)14-19-7-11(8-20-14)13(22)21-5-6-25(23,24)12-4-2-1-3-10(12)9-21/h1-4,7-8H,5-6,9H2. The minimum Gasteiger partial charge on any atom is -0.333 e. The lowest BCUT2D eigenvalue weighted by Crippen LogP contribution is -2.33. The third kappa shape index (κ3) is 3.48. The van der Waals surface area contributed by atoms with Gasteiger partial charge in [-0.25, -0.2) is 18.4 Å². The zero-order chi connectivity index (χ0) is 18.2. The molecule has 0 aliphatic carbocycles. The van der Waals surface area contributed by atoms with Crippen molar-refractivity contribution < 1.29 is 26.4 Å². The molecule has 1 aliphatic heterocycles. The van der Waals surface area contributed by atoms with Gasteiger partial charge in [0.15, 0.2) is 9.84 Å². The summed E-state index contributed by atoms with van der Waals surface area (Å²) in [6.45, 7) is -0.0356. The maximum absolute atomic E-state index is 12.5. The van der Waals surface area contributed by atoms with Crippen LogP contribution in [0.1, 0.15) is 21.7 Å². The lowest BCUT2D eigenvalue weighted by Gasteiger charge is -2.20. The maximum atomic E-state index is 12.5. The summed E-state index contributed by atoms with van der Waals surface area (Å²) in [6.07, 6.45) is -3.11. The number of alkyl halides is 3. The number of benzene rings is 1. The zero-order valence-electron chi connectivity index (χ0n) is 12.7. The Balaban J connectivity index is 1.89. The summed E-state index contributed by atoms with van der Waals surface area (Å²) in [5.74, 6) is -2.23. The number of halogens is 3. The number of carbonyl (C=O) groups is 1. The van der Waals surface area contributed by atoms with E-state index < -0.39 is 27.7 Å². The van der Waals surface area contributed by atoms with Crippen molar-refractivity contribution >= 4 is 15.7 Å². The third-order valence-corrected chi connectivity index (χ3v) is 5.53. The van der Waals surface area contributed by atoms with Gasteiger partial charge in [-0.1, -0.05) is 18.2 Å². The highest BCUT2D eigenvalue weighted by molar-refractivity contribution is 7.91. The summed E-state index contributed by atoms with van der Waals surface area (Å²) in [7, 11) is -3.53. The van der Waals surface area contributed by atoms with Crippen molar-refractivity contribution in [3.63, 3.8) is 0 Å². The van der Waals surface area contributed by atoms with Gasteiger partial charge in [0.25, 0.3) is 5.91 Å². The van der Waals surface area contributed by atoms with Gasteiger partial charge in [0.1, 0.15) is 0 Å². The van der Waals surface area contributed by atoms with Crippen molar-refractivity contribution in [1.29, 1.82) is 0 Å². The molecule has 2 aromatic rings. The summed E-state index contributed by atoms with van der Waals surface area (Å²) in [6, 6.07) is 6.32. The lowest BCUT2D eigenvalue weighted by atomic mass is 10.2. The van der Waals surface area contributed by atoms with Gasteiger partial charge in [-0.2, -0.15) is 13.2 Å². The molecule has 6 nitrogen and oxygen atoms in total. The van der Waals surface area contributed by atoms with Crippen LogP contribution in [0.2, 0.25) is 0 Å². The highest BCUT2D eigenvalue weighted by Gasteiger charge is 2.35. The first kappa shape index (κ1) is 17.3. The molecule has 132 valence electrons.